The minimum absolute atomic E-state index is 0.0413. The molecule has 18 heavy (non-hydrogen) atoms. The van der Waals surface area contributed by atoms with E-state index in [0.29, 0.717) is 17.3 Å². The SMILES string of the molecule is CCC(C)CNC(=O)c1cc(C)c(C#CCO)s1. The molecule has 0 bridgehead atoms. The molecule has 1 heterocycles. The van der Waals surface area contributed by atoms with E-state index < -0.39 is 0 Å². The number of aliphatic hydroxyl groups is 1. The average Bonchev–Trinajstić information content (AvgIpc) is 2.74. The lowest BCUT2D eigenvalue weighted by molar-refractivity contribution is 0.0952. The lowest BCUT2D eigenvalue weighted by atomic mass is 10.1. The van der Waals surface area contributed by atoms with E-state index in [-0.39, 0.29) is 12.5 Å². The summed E-state index contributed by atoms with van der Waals surface area (Å²) in [6.07, 6.45) is 1.05. The maximum absolute atomic E-state index is 11.9. The van der Waals surface area contributed by atoms with Crippen LogP contribution in [0.25, 0.3) is 0 Å². The summed E-state index contributed by atoms with van der Waals surface area (Å²) in [5, 5.41) is 11.6. The van der Waals surface area contributed by atoms with Gasteiger partial charge in [-0.15, -0.1) is 11.3 Å². The maximum atomic E-state index is 11.9. The zero-order valence-electron chi connectivity index (χ0n) is 11.0. The van der Waals surface area contributed by atoms with Crippen molar-refractivity contribution in [2.24, 2.45) is 5.92 Å². The summed E-state index contributed by atoms with van der Waals surface area (Å²) in [5.41, 5.74) is 0.981. The van der Waals surface area contributed by atoms with Crippen molar-refractivity contribution in [2.45, 2.75) is 27.2 Å². The second-order valence-electron chi connectivity index (χ2n) is 4.31. The molecule has 0 spiro atoms. The molecule has 3 nitrogen and oxygen atoms in total. The highest BCUT2D eigenvalue weighted by Gasteiger charge is 2.11. The Morgan fingerprint density at radius 1 is 1.61 bits per heavy atom. The molecule has 1 rings (SSSR count). The summed E-state index contributed by atoms with van der Waals surface area (Å²) in [4.78, 5) is 13.4. The standard InChI is InChI=1S/C14H19NO2S/c1-4-10(2)9-15-14(17)13-8-11(3)12(18-13)6-5-7-16/h8,10,16H,4,7,9H2,1-3H3,(H,15,17). The molecular weight excluding hydrogens is 246 g/mol. The van der Waals surface area contributed by atoms with Crippen LogP contribution >= 0.6 is 11.3 Å². The van der Waals surface area contributed by atoms with E-state index in [4.69, 9.17) is 5.11 Å². The molecule has 1 amide bonds. The molecule has 98 valence electrons. The second-order valence-corrected chi connectivity index (χ2v) is 5.36. The fraction of sp³-hybridized carbons (Fsp3) is 0.500. The van der Waals surface area contributed by atoms with Crippen molar-refractivity contribution in [3.63, 3.8) is 0 Å². The van der Waals surface area contributed by atoms with E-state index >= 15 is 0 Å². The maximum Gasteiger partial charge on any atom is 0.261 e. The molecule has 0 fully saturated rings. The molecule has 0 aromatic carbocycles. The normalized spacial score (nSPS) is 11.6. The molecule has 1 atom stereocenters. The van der Waals surface area contributed by atoms with Crippen LogP contribution in [0.1, 0.15) is 40.4 Å². The van der Waals surface area contributed by atoms with Gasteiger partial charge in [0.05, 0.1) is 9.75 Å². The van der Waals surface area contributed by atoms with Gasteiger partial charge in [-0.3, -0.25) is 4.79 Å². The van der Waals surface area contributed by atoms with Crippen LogP contribution < -0.4 is 5.32 Å². The van der Waals surface area contributed by atoms with Gasteiger partial charge in [0.2, 0.25) is 0 Å². The van der Waals surface area contributed by atoms with Gasteiger partial charge in [-0.2, -0.15) is 0 Å². The van der Waals surface area contributed by atoms with Crippen molar-refractivity contribution in [3.8, 4) is 11.8 Å². The number of thiophene rings is 1. The predicted molar refractivity (Wildman–Crippen MR) is 74.8 cm³/mol. The van der Waals surface area contributed by atoms with Crippen LogP contribution in [0.15, 0.2) is 6.07 Å². The van der Waals surface area contributed by atoms with Gasteiger partial charge in [0.15, 0.2) is 0 Å². The summed E-state index contributed by atoms with van der Waals surface area (Å²) >= 11 is 1.37. The van der Waals surface area contributed by atoms with Gasteiger partial charge in [0, 0.05) is 6.54 Å². The van der Waals surface area contributed by atoms with Gasteiger partial charge in [-0.25, -0.2) is 0 Å². The Balaban J connectivity index is 2.69. The van der Waals surface area contributed by atoms with E-state index in [0.717, 1.165) is 16.9 Å². The molecule has 4 heteroatoms. The van der Waals surface area contributed by atoms with Gasteiger partial charge in [-0.05, 0) is 24.5 Å². The van der Waals surface area contributed by atoms with E-state index in [1.54, 1.807) is 0 Å². The molecule has 2 N–H and O–H groups in total. The summed E-state index contributed by atoms with van der Waals surface area (Å²) < 4.78 is 0. The largest absolute Gasteiger partial charge is 0.384 e. The average molecular weight is 265 g/mol. The van der Waals surface area contributed by atoms with Crippen LogP contribution in [0.3, 0.4) is 0 Å². The summed E-state index contributed by atoms with van der Waals surface area (Å²) in [6, 6.07) is 1.85. The van der Waals surface area contributed by atoms with Gasteiger partial charge in [0.25, 0.3) is 5.91 Å². The Kier molecular flexibility index (Phi) is 5.90. The molecule has 1 unspecified atom stereocenters. The monoisotopic (exact) mass is 265 g/mol. The van der Waals surface area contributed by atoms with Gasteiger partial charge < -0.3 is 10.4 Å². The van der Waals surface area contributed by atoms with Crippen LogP contribution in [0.4, 0.5) is 0 Å². The lowest BCUT2D eigenvalue weighted by Crippen LogP contribution is -2.27. The molecule has 0 aliphatic rings. The van der Waals surface area contributed by atoms with E-state index in [9.17, 15) is 4.79 Å². The molecule has 0 aliphatic carbocycles. The predicted octanol–water partition coefficient (Wildman–Crippen LogP) is 2.18. The van der Waals surface area contributed by atoms with Crippen molar-refractivity contribution in [3.05, 3.63) is 21.4 Å². The number of amides is 1. The van der Waals surface area contributed by atoms with E-state index in [1.807, 2.05) is 13.0 Å². The molecule has 1 aromatic heterocycles. The molecular formula is C14H19NO2S. The van der Waals surface area contributed by atoms with Crippen LogP contribution in [0.5, 0.6) is 0 Å². The second kappa shape index (κ2) is 7.20. The Morgan fingerprint density at radius 2 is 2.33 bits per heavy atom. The van der Waals surface area contributed by atoms with Gasteiger partial charge in [0.1, 0.15) is 6.61 Å². The van der Waals surface area contributed by atoms with Crippen molar-refractivity contribution in [1.29, 1.82) is 0 Å². The molecule has 0 aliphatic heterocycles. The summed E-state index contributed by atoms with van der Waals surface area (Å²) in [5.74, 6) is 5.90. The number of rotatable bonds is 4. The first kappa shape index (κ1) is 14.7. The molecule has 0 saturated heterocycles. The van der Waals surface area contributed by atoms with E-state index in [1.165, 1.54) is 11.3 Å². The first-order valence-corrected chi connectivity index (χ1v) is 6.88. The number of hydrogen-bond acceptors (Lipinski definition) is 3. The number of aryl methyl sites for hydroxylation is 1. The molecule has 1 aromatic rings. The Bertz CT molecular complexity index is 468. The van der Waals surface area contributed by atoms with Gasteiger partial charge >= 0.3 is 0 Å². The number of carbonyl (C=O) groups excluding carboxylic acids is 1. The fourth-order valence-corrected chi connectivity index (χ4v) is 2.30. The lowest BCUT2D eigenvalue weighted by Gasteiger charge is -2.08. The smallest absolute Gasteiger partial charge is 0.261 e. The van der Waals surface area contributed by atoms with E-state index in [2.05, 4.69) is 31.0 Å². The van der Waals surface area contributed by atoms with Crippen LogP contribution in [-0.2, 0) is 0 Å². The Hall–Kier alpha value is -1.31. The van der Waals surface area contributed by atoms with Crippen LogP contribution in [0.2, 0.25) is 0 Å². The fourth-order valence-electron chi connectivity index (χ4n) is 1.34. The Morgan fingerprint density at radius 3 is 2.94 bits per heavy atom. The topological polar surface area (TPSA) is 49.3 Å². The number of carbonyl (C=O) groups is 1. The van der Waals surface area contributed by atoms with Crippen molar-refractivity contribution < 1.29 is 9.90 Å². The van der Waals surface area contributed by atoms with Crippen molar-refractivity contribution in [1.82, 2.24) is 5.32 Å². The highest BCUT2D eigenvalue weighted by Crippen LogP contribution is 2.20. The zero-order chi connectivity index (χ0) is 13.5. The van der Waals surface area contributed by atoms with Crippen molar-refractivity contribution >= 4 is 17.2 Å². The first-order chi connectivity index (χ1) is 8.58. The zero-order valence-corrected chi connectivity index (χ0v) is 11.9. The number of aliphatic hydroxyl groups excluding tert-OH is 1. The molecule has 0 radical (unpaired) electrons. The third-order valence-electron chi connectivity index (χ3n) is 2.73. The third-order valence-corrected chi connectivity index (χ3v) is 3.88. The first-order valence-electron chi connectivity index (χ1n) is 6.06. The molecule has 0 saturated carbocycles. The number of hydrogen-bond donors (Lipinski definition) is 2. The van der Waals surface area contributed by atoms with Crippen LogP contribution in [0, 0.1) is 24.7 Å². The Labute approximate surface area is 112 Å². The quantitative estimate of drug-likeness (QED) is 0.820. The number of nitrogens with one attached hydrogen (secondary N) is 1. The minimum Gasteiger partial charge on any atom is -0.384 e. The highest BCUT2D eigenvalue weighted by molar-refractivity contribution is 7.14. The van der Waals surface area contributed by atoms with Crippen molar-refractivity contribution in [2.75, 3.05) is 13.2 Å². The summed E-state index contributed by atoms with van der Waals surface area (Å²) in [7, 11) is 0. The summed E-state index contributed by atoms with van der Waals surface area (Å²) in [6.45, 7) is 6.67. The third kappa shape index (κ3) is 4.17. The van der Waals surface area contributed by atoms with Gasteiger partial charge in [-0.1, -0.05) is 32.1 Å². The minimum atomic E-state index is -0.160. The van der Waals surface area contributed by atoms with Crippen LogP contribution in [-0.4, -0.2) is 24.2 Å². The highest BCUT2D eigenvalue weighted by atomic mass is 32.1.